The van der Waals surface area contributed by atoms with Gasteiger partial charge in [-0.2, -0.15) is 0 Å². The van der Waals surface area contributed by atoms with Gasteiger partial charge < -0.3 is 10.1 Å². The first-order valence-corrected chi connectivity index (χ1v) is 9.38. The molecule has 0 fully saturated rings. The molecule has 23 heavy (non-hydrogen) atoms. The molecule has 0 aliphatic carbocycles. The van der Waals surface area contributed by atoms with Crippen LogP contribution in [0.15, 0.2) is 24.3 Å². The van der Waals surface area contributed by atoms with Gasteiger partial charge in [0.05, 0.1) is 5.60 Å². The summed E-state index contributed by atoms with van der Waals surface area (Å²) in [5, 5.41) is 3.55. The molecule has 1 N–H and O–H groups in total. The summed E-state index contributed by atoms with van der Waals surface area (Å²) >= 11 is 0. The molecule has 0 saturated carbocycles. The fraction of sp³-hybridized carbons (Fsp3) is 0.714. The van der Waals surface area contributed by atoms with E-state index in [-0.39, 0.29) is 5.60 Å². The maximum absolute atomic E-state index is 5.94. The quantitative estimate of drug-likeness (QED) is 0.527. The molecular weight excluding hydrogens is 282 g/mol. The number of rotatable bonds is 12. The molecule has 0 saturated heterocycles. The predicted octanol–water partition coefficient (Wildman–Crippen LogP) is 5.32. The van der Waals surface area contributed by atoms with Crippen molar-refractivity contribution in [1.82, 2.24) is 5.32 Å². The average molecular weight is 320 g/mol. The van der Waals surface area contributed by atoms with Crippen LogP contribution in [0, 0.1) is 0 Å². The second-order valence-corrected chi connectivity index (χ2v) is 7.46. The topological polar surface area (TPSA) is 21.3 Å². The van der Waals surface area contributed by atoms with Crippen LogP contribution in [0.4, 0.5) is 0 Å². The third-order valence-corrected chi connectivity index (χ3v) is 4.36. The fourth-order valence-electron chi connectivity index (χ4n) is 2.57. The maximum atomic E-state index is 5.94. The van der Waals surface area contributed by atoms with Crippen LogP contribution in [0.1, 0.15) is 77.3 Å². The van der Waals surface area contributed by atoms with Gasteiger partial charge in [0.15, 0.2) is 0 Å². The van der Waals surface area contributed by atoms with Crippen LogP contribution in [-0.4, -0.2) is 25.3 Å². The fourth-order valence-corrected chi connectivity index (χ4v) is 2.57. The first-order valence-electron chi connectivity index (χ1n) is 9.38. The van der Waals surface area contributed by atoms with Crippen molar-refractivity contribution in [3.8, 4) is 0 Å². The van der Waals surface area contributed by atoms with Crippen LogP contribution < -0.4 is 5.32 Å². The zero-order valence-corrected chi connectivity index (χ0v) is 16.0. The Balaban J connectivity index is 2.11. The van der Waals surface area contributed by atoms with Crippen molar-refractivity contribution in [3.05, 3.63) is 35.4 Å². The Morgan fingerprint density at radius 1 is 1.04 bits per heavy atom. The first kappa shape index (κ1) is 20.2. The van der Waals surface area contributed by atoms with E-state index in [0.29, 0.717) is 5.92 Å². The number of ether oxygens (including phenoxy) is 1. The number of benzene rings is 1. The molecule has 0 aliphatic heterocycles. The van der Waals surface area contributed by atoms with Gasteiger partial charge in [-0.25, -0.2) is 0 Å². The van der Waals surface area contributed by atoms with Gasteiger partial charge in [0.25, 0.3) is 0 Å². The summed E-state index contributed by atoms with van der Waals surface area (Å²) in [6, 6.07) is 9.09. The number of hydrogen-bond donors (Lipinski definition) is 1. The molecule has 0 atom stereocenters. The Morgan fingerprint density at radius 3 is 2.35 bits per heavy atom. The molecule has 132 valence electrons. The SMILES string of the molecule is CCCCOC(C)(C)CCNCCCc1ccc(C(C)C)cc1. The largest absolute Gasteiger partial charge is 0.376 e. The van der Waals surface area contributed by atoms with Crippen molar-refractivity contribution in [3.63, 3.8) is 0 Å². The Kier molecular flexibility index (Phi) is 9.50. The first-order chi connectivity index (χ1) is 10.9. The lowest BCUT2D eigenvalue weighted by molar-refractivity contribution is -0.0240. The monoisotopic (exact) mass is 319 g/mol. The minimum Gasteiger partial charge on any atom is -0.376 e. The summed E-state index contributed by atoms with van der Waals surface area (Å²) in [5.74, 6) is 0.619. The van der Waals surface area contributed by atoms with E-state index in [0.717, 1.165) is 39.0 Å². The van der Waals surface area contributed by atoms with E-state index in [2.05, 4.69) is 64.2 Å². The Bertz CT molecular complexity index is 408. The van der Waals surface area contributed by atoms with E-state index in [1.165, 1.54) is 24.0 Å². The third-order valence-electron chi connectivity index (χ3n) is 4.36. The molecule has 0 heterocycles. The standard InChI is InChI=1S/C21H37NO/c1-6-7-17-23-21(4,5)14-16-22-15-8-9-19-10-12-20(13-11-19)18(2)3/h10-13,18,22H,6-9,14-17H2,1-5H3. The number of aryl methyl sites for hydroxylation is 1. The highest BCUT2D eigenvalue weighted by atomic mass is 16.5. The molecule has 1 rings (SSSR count). The number of unbranched alkanes of at least 4 members (excludes halogenated alkanes) is 1. The highest BCUT2D eigenvalue weighted by molar-refractivity contribution is 5.24. The second kappa shape index (κ2) is 10.8. The normalized spacial score (nSPS) is 12.1. The lowest BCUT2D eigenvalue weighted by Crippen LogP contribution is -2.31. The maximum Gasteiger partial charge on any atom is 0.0638 e. The van der Waals surface area contributed by atoms with E-state index >= 15 is 0 Å². The molecule has 0 unspecified atom stereocenters. The molecule has 1 aromatic carbocycles. The molecule has 0 aliphatic rings. The zero-order valence-electron chi connectivity index (χ0n) is 16.0. The van der Waals surface area contributed by atoms with Gasteiger partial charge >= 0.3 is 0 Å². The van der Waals surface area contributed by atoms with Gasteiger partial charge in [-0.15, -0.1) is 0 Å². The predicted molar refractivity (Wildman–Crippen MR) is 101 cm³/mol. The smallest absolute Gasteiger partial charge is 0.0638 e. The van der Waals surface area contributed by atoms with Crippen molar-refractivity contribution in [2.45, 2.75) is 78.2 Å². The molecule has 1 aromatic rings. The molecule has 0 amide bonds. The van der Waals surface area contributed by atoms with Crippen LogP contribution in [-0.2, 0) is 11.2 Å². The summed E-state index contributed by atoms with van der Waals surface area (Å²) in [4.78, 5) is 0. The van der Waals surface area contributed by atoms with E-state index in [9.17, 15) is 0 Å². The minimum atomic E-state index is -0.00511. The molecule has 0 aromatic heterocycles. The molecule has 2 nitrogen and oxygen atoms in total. The minimum absolute atomic E-state index is 0.00511. The van der Waals surface area contributed by atoms with Crippen molar-refractivity contribution in [1.29, 1.82) is 0 Å². The molecule has 0 radical (unpaired) electrons. The zero-order chi connectivity index (χ0) is 17.1. The summed E-state index contributed by atoms with van der Waals surface area (Å²) in [7, 11) is 0. The van der Waals surface area contributed by atoms with Crippen molar-refractivity contribution in [2.75, 3.05) is 19.7 Å². The van der Waals surface area contributed by atoms with Gasteiger partial charge in [0.1, 0.15) is 0 Å². The second-order valence-electron chi connectivity index (χ2n) is 7.46. The molecule has 2 heteroatoms. The Morgan fingerprint density at radius 2 is 1.74 bits per heavy atom. The van der Waals surface area contributed by atoms with Crippen LogP contribution in [0.5, 0.6) is 0 Å². The highest BCUT2D eigenvalue weighted by Crippen LogP contribution is 2.16. The number of hydrogen-bond acceptors (Lipinski definition) is 2. The Labute approximate surface area is 144 Å². The van der Waals surface area contributed by atoms with Crippen molar-refractivity contribution < 1.29 is 4.74 Å². The summed E-state index contributed by atoms with van der Waals surface area (Å²) in [6.07, 6.45) is 5.78. The van der Waals surface area contributed by atoms with Crippen LogP contribution in [0.25, 0.3) is 0 Å². The van der Waals surface area contributed by atoms with E-state index in [1.807, 2.05) is 0 Å². The summed E-state index contributed by atoms with van der Waals surface area (Å²) in [5.41, 5.74) is 2.87. The van der Waals surface area contributed by atoms with Gasteiger partial charge in [0, 0.05) is 6.61 Å². The summed E-state index contributed by atoms with van der Waals surface area (Å²) in [6.45, 7) is 14.1. The van der Waals surface area contributed by atoms with Gasteiger partial charge in [-0.3, -0.25) is 0 Å². The van der Waals surface area contributed by atoms with Crippen LogP contribution >= 0.6 is 0 Å². The lowest BCUT2D eigenvalue weighted by atomic mass is 10.0. The highest BCUT2D eigenvalue weighted by Gasteiger charge is 2.16. The van der Waals surface area contributed by atoms with Crippen molar-refractivity contribution in [2.24, 2.45) is 0 Å². The molecule has 0 bridgehead atoms. The Hall–Kier alpha value is -0.860. The molecular formula is C21H37NO. The van der Waals surface area contributed by atoms with Gasteiger partial charge in [-0.05, 0) is 69.7 Å². The van der Waals surface area contributed by atoms with E-state index in [4.69, 9.17) is 4.74 Å². The van der Waals surface area contributed by atoms with Gasteiger partial charge in [-0.1, -0.05) is 51.5 Å². The van der Waals surface area contributed by atoms with Gasteiger partial charge in [0.2, 0.25) is 0 Å². The van der Waals surface area contributed by atoms with E-state index in [1.54, 1.807) is 0 Å². The van der Waals surface area contributed by atoms with Crippen LogP contribution in [0.3, 0.4) is 0 Å². The van der Waals surface area contributed by atoms with E-state index < -0.39 is 0 Å². The van der Waals surface area contributed by atoms with Crippen molar-refractivity contribution >= 4 is 0 Å². The molecule has 0 spiro atoms. The third kappa shape index (κ3) is 9.12. The number of nitrogens with one attached hydrogen (secondary N) is 1. The summed E-state index contributed by atoms with van der Waals surface area (Å²) < 4.78 is 5.94. The average Bonchev–Trinajstić information content (AvgIpc) is 2.51. The van der Waals surface area contributed by atoms with Crippen LogP contribution in [0.2, 0.25) is 0 Å². The lowest BCUT2D eigenvalue weighted by Gasteiger charge is -2.25.